The third-order valence-corrected chi connectivity index (χ3v) is 7.75. The maximum absolute atomic E-state index is 13.4. The van der Waals surface area contributed by atoms with E-state index in [2.05, 4.69) is 32.4 Å². The molecule has 2 atom stereocenters. The van der Waals surface area contributed by atoms with Crippen LogP contribution >= 0.6 is 0 Å². The van der Waals surface area contributed by atoms with E-state index in [0.29, 0.717) is 37.2 Å². The van der Waals surface area contributed by atoms with Crippen molar-refractivity contribution in [1.82, 2.24) is 4.90 Å². The molecule has 1 aliphatic heterocycles. The SMILES string of the molecule is C[C@@](CCCCN=[N+]=[N-])(CN=C(c1ccccc1)c1cccc(NC(=O)[C@@H]2CCCN2Cc2ccccc2)c1)C(=O)O. The van der Waals surface area contributed by atoms with E-state index in [-0.39, 0.29) is 18.5 Å². The number of likely N-dealkylation sites (tertiary alicyclic amines) is 1. The van der Waals surface area contributed by atoms with Crippen LogP contribution in [0.1, 0.15) is 55.7 Å². The molecule has 1 amide bonds. The summed E-state index contributed by atoms with van der Waals surface area (Å²) in [6, 6.07) is 27.2. The number of carboxylic acids is 1. The van der Waals surface area contributed by atoms with Crippen LogP contribution in [0.4, 0.5) is 5.69 Å². The molecule has 0 radical (unpaired) electrons. The van der Waals surface area contributed by atoms with Gasteiger partial charge in [0, 0.05) is 34.8 Å². The first-order chi connectivity index (χ1) is 20.4. The van der Waals surface area contributed by atoms with Crippen molar-refractivity contribution in [1.29, 1.82) is 0 Å². The molecule has 0 spiro atoms. The van der Waals surface area contributed by atoms with Crippen molar-refractivity contribution in [3.63, 3.8) is 0 Å². The Morgan fingerprint density at radius 3 is 2.45 bits per heavy atom. The second kappa shape index (κ2) is 15.0. The number of anilines is 1. The number of carboxylic acid groups (broad SMARTS) is 1. The van der Waals surface area contributed by atoms with Crippen LogP contribution in [0.5, 0.6) is 0 Å². The van der Waals surface area contributed by atoms with E-state index in [1.807, 2.05) is 72.8 Å². The summed E-state index contributed by atoms with van der Waals surface area (Å²) in [5, 5.41) is 16.7. The van der Waals surface area contributed by atoms with Gasteiger partial charge in [-0.25, -0.2) is 0 Å². The van der Waals surface area contributed by atoms with Crippen molar-refractivity contribution in [3.05, 3.63) is 112 Å². The molecule has 9 heteroatoms. The number of carbonyl (C=O) groups excluding carboxylic acids is 1. The van der Waals surface area contributed by atoms with Gasteiger partial charge in [0.2, 0.25) is 5.91 Å². The van der Waals surface area contributed by atoms with Gasteiger partial charge in [-0.05, 0) is 62.4 Å². The summed E-state index contributed by atoms with van der Waals surface area (Å²) in [4.78, 5) is 35.5. The molecule has 0 unspecified atom stereocenters. The van der Waals surface area contributed by atoms with Crippen molar-refractivity contribution < 1.29 is 14.7 Å². The molecule has 1 fully saturated rings. The summed E-state index contributed by atoms with van der Waals surface area (Å²) in [5.41, 5.74) is 11.6. The average Bonchev–Trinajstić information content (AvgIpc) is 3.46. The van der Waals surface area contributed by atoms with Gasteiger partial charge in [-0.3, -0.25) is 19.5 Å². The van der Waals surface area contributed by atoms with E-state index in [1.165, 1.54) is 5.56 Å². The van der Waals surface area contributed by atoms with Gasteiger partial charge < -0.3 is 10.4 Å². The van der Waals surface area contributed by atoms with Crippen LogP contribution in [-0.4, -0.2) is 53.3 Å². The molecule has 0 aliphatic carbocycles. The predicted molar refractivity (Wildman–Crippen MR) is 166 cm³/mol. The minimum Gasteiger partial charge on any atom is -0.481 e. The number of benzene rings is 3. The minimum absolute atomic E-state index is 0.0297. The molecule has 0 bridgehead atoms. The summed E-state index contributed by atoms with van der Waals surface area (Å²) in [7, 11) is 0. The normalized spacial score (nSPS) is 16.8. The highest BCUT2D eigenvalue weighted by molar-refractivity contribution is 6.13. The first-order valence-corrected chi connectivity index (χ1v) is 14.4. The number of hydrogen-bond acceptors (Lipinski definition) is 5. The molecule has 42 heavy (non-hydrogen) atoms. The smallest absolute Gasteiger partial charge is 0.311 e. The Labute approximate surface area is 246 Å². The van der Waals surface area contributed by atoms with Crippen LogP contribution in [-0.2, 0) is 16.1 Å². The zero-order valence-electron chi connectivity index (χ0n) is 24.0. The Morgan fingerprint density at radius 1 is 1.02 bits per heavy atom. The summed E-state index contributed by atoms with van der Waals surface area (Å²) in [6.07, 6.45) is 3.43. The molecule has 218 valence electrons. The van der Waals surface area contributed by atoms with Gasteiger partial charge in [0.1, 0.15) is 0 Å². The highest BCUT2D eigenvalue weighted by Crippen LogP contribution is 2.27. The molecular weight excluding hydrogens is 528 g/mol. The monoisotopic (exact) mass is 566 g/mol. The van der Waals surface area contributed by atoms with E-state index in [1.54, 1.807) is 6.92 Å². The largest absolute Gasteiger partial charge is 0.481 e. The second-order valence-corrected chi connectivity index (χ2v) is 11.0. The van der Waals surface area contributed by atoms with Gasteiger partial charge in [-0.1, -0.05) is 84.3 Å². The average molecular weight is 567 g/mol. The first-order valence-electron chi connectivity index (χ1n) is 14.4. The third-order valence-electron chi connectivity index (χ3n) is 7.75. The van der Waals surface area contributed by atoms with E-state index in [9.17, 15) is 14.7 Å². The van der Waals surface area contributed by atoms with E-state index < -0.39 is 11.4 Å². The highest BCUT2D eigenvalue weighted by Gasteiger charge is 2.33. The lowest BCUT2D eigenvalue weighted by molar-refractivity contribution is -0.147. The number of aliphatic imine (C=N–C) groups is 1. The lowest BCUT2D eigenvalue weighted by Crippen LogP contribution is -2.39. The molecule has 1 saturated heterocycles. The predicted octanol–water partition coefficient (Wildman–Crippen LogP) is 6.70. The van der Waals surface area contributed by atoms with Crippen molar-refractivity contribution in [2.45, 2.75) is 51.6 Å². The minimum atomic E-state index is -1.08. The van der Waals surface area contributed by atoms with Gasteiger partial charge in [-0.2, -0.15) is 0 Å². The van der Waals surface area contributed by atoms with Gasteiger partial charge in [0.05, 0.1) is 23.7 Å². The van der Waals surface area contributed by atoms with Crippen LogP contribution in [0.15, 0.2) is 95.0 Å². The highest BCUT2D eigenvalue weighted by atomic mass is 16.4. The lowest BCUT2D eigenvalue weighted by Gasteiger charge is -2.24. The van der Waals surface area contributed by atoms with Crippen LogP contribution in [0, 0.1) is 5.41 Å². The molecular formula is C33H38N6O3. The molecule has 9 nitrogen and oxygen atoms in total. The van der Waals surface area contributed by atoms with Gasteiger partial charge in [0.15, 0.2) is 0 Å². The second-order valence-electron chi connectivity index (χ2n) is 11.0. The third kappa shape index (κ3) is 8.28. The van der Waals surface area contributed by atoms with Gasteiger partial charge in [0.25, 0.3) is 0 Å². The standard InChI is InChI=1S/C33H38N6O3/c1-33(32(41)42,19-8-9-20-36-38-34)24-35-30(26-14-6-3-7-15-26)27-16-10-17-28(22-27)37-31(40)29-18-11-21-39(29)23-25-12-4-2-5-13-25/h2-7,10,12-17,22,29H,8-9,11,18-21,23-24H2,1H3,(H,37,40)(H,41,42)/t29-,33+/m0/s1. The van der Waals surface area contributed by atoms with E-state index in [4.69, 9.17) is 10.5 Å². The topological polar surface area (TPSA) is 131 Å². The summed E-state index contributed by atoms with van der Waals surface area (Å²) < 4.78 is 0. The first kappa shape index (κ1) is 30.5. The van der Waals surface area contributed by atoms with Crippen LogP contribution in [0.25, 0.3) is 10.4 Å². The molecule has 4 rings (SSSR count). The Hall–Kier alpha value is -4.46. The van der Waals surface area contributed by atoms with Crippen LogP contribution < -0.4 is 5.32 Å². The summed E-state index contributed by atoms with van der Waals surface area (Å²) in [5.74, 6) is -0.946. The molecule has 0 aromatic heterocycles. The van der Waals surface area contributed by atoms with Crippen molar-refractivity contribution >= 4 is 23.3 Å². The van der Waals surface area contributed by atoms with Crippen molar-refractivity contribution in [2.75, 3.05) is 25.0 Å². The Kier molecular flexibility index (Phi) is 10.9. The number of amides is 1. The fourth-order valence-electron chi connectivity index (χ4n) is 5.29. The Bertz CT molecular complexity index is 1420. The number of aliphatic carboxylic acids is 1. The number of azide groups is 1. The molecule has 3 aromatic carbocycles. The van der Waals surface area contributed by atoms with Crippen molar-refractivity contribution in [2.24, 2.45) is 15.5 Å². The zero-order chi connectivity index (χ0) is 29.8. The lowest BCUT2D eigenvalue weighted by atomic mass is 9.84. The van der Waals surface area contributed by atoms with E-state index in [0.717, 1.165) is 37.1 Å². The number of unbranched alkanes of at least 4 members (excludes halogenated alkanes) is 1. The fourth-order valence-corrected chi connectivity index (χ4v) is 5.29. The molecule has 3 aromatic rings. The van der Waals surface area contributed by atoms with Crippen LogP contribution in [0.3, 0.4) is 0 Å². The fraction of sp³-hybridized carbons (Fsp3) is 0.364. The Morgan fingerprint density at radius 2 is 1.74 bits per heavy atom. The van der Waals surface area contributed by atoms with Crippen LogP contribution in [0.2, 0.25) is 0 Å². The maximum atomic E-state index is 13.4. The van der Waals surface area contributed by atoms with Gasteiger partial charge >= 0.3 is 5.97 Å². The number of rotatable bonds is 14. The maximum Gasteiger partial charge on any atom is 0.311 e. The molecule has 0 saturated carbocycles. The molecule has 1 heterocycles. The number of carbonyl (C=O) groups is 2. The number of nitrogens with zero attached hydrogens (tertiary/aromatic N) is 5. The van der Waals surface area contributed by atoms with Gasteiger partial charge in [-0.15, -0.1) is 0 Å². The number of hydrogen-bond donors (Lipinski definition) is 2. The zero-order valence-corrected chi connectivity index (χ0v) is 24.0. The molecule has 1 aliphatic rings. The summed E-state index contributed by atoms with van der Waals surface area (Å²) in [6.45, 7) is 3.74. The van der Waals surface area contributed by atoms with E-state index >= 15 is 0 Å². The quantitative estimate of drug-likeness (QED) is 0.0739. The Balaban J connectivity index is 1.53. The van der Waals surface area contributed by atoms with Crippen molar-refractivity contribution in [3.8, 4) is 0 Å². The molecule has 2 N–H and O–H groups in total. The number of nitrogens with one attached hydrogen (secondary N) is 1. The summed E-state index contributed by atoms with van der Waals surface area (Å²) >= 11 is 0.